The summed E-state index contributed by atoms with van der Waals surface area (Å²) in [6, 6.07) is 20.1. The molecular formula is C22H18ClN5O2S. The first-order valence-corrected chi connectivity index (χ1v) is 10.8. The number of benzene rings is 2. The maximum Gasteiger partial charge on any atom is 0.253 e. The van der Waals surface area contributed by atoms with Crippen LogP contribution in [0.5, 0.6) is 0 Å². The number of nitrogens with one attached hydrogen (secondary N) is 2. The number of fused-ring (bicyclic) bond motifs is 1. The van der Waals surface area contributed by atoms with Crippen molar-refractivity contribution < 1.29 is 9.59 Å². The monoisotopic (exact) mass is 451 g/mol. The van der Waals surface area contributed by atoms with Crippen molar-refractivity contribution in [2.75, 3.05) is 11.1 Å². The van der Waals surface area contributed by atoms with Crippen LogP contribution in [0.1, 0.15) is 15.9 Å². The maximum atomic E-state index is 12.5. The lowest BCUT2D eigenvalue weighted by Gasteiger charge is -2.07. The van der Waals surface area contributed by atoms with Gasteiger partial charge in [0.05, 0.1) is 11.3 Å². The van der Waals surface area contributed by atoms with E-state index < -0.39 is 0 Å². The Labute approximate surface area is 187 Å². The predicted octanol–water partition coefficient (Wildman–Crippen LogP) is 4.04. The Morgan fingerprint density at radius 3 is 2.65 bits per heavy atom. The number of anilines is 1. The molecule has 4 aromatic rings. The van der Waals surface area contributed by atoms with Crippen molar-refractivity contribution >= 4 is 46.5 Å². The van der Waals surface area contributed by atoms with Gasteiger partial charge in [-0.1, -0.05) is 59.8 Å². The third kappa shape index (κ3) is 5.42. The number of thioether (sulfide) groups is 1. The minimum absolute atomic E-state index is 0.137. The van der Waals surface area contributed by atoms with Crippen LogP contribution in [-0.4, -0.2) is 32.2 Å². The highest BCUT2D eigenvalue weighted by molar-refractivity contribution is 7.99. The van der Waals surface area contributed by atoms with Gasteiger partial charge < -0.3 is 10.6 Å². The molecule has 156 valence electrons. The van der Waals surface area contributed by atoms with Crippen molar-refractivity contribution in [3.05, 3.63) is 89.1 Å². The van der Waals surface area contributed by atoms with Crippen LogP contribution in [0.25, 0.3) is 5.65 Å². The van der Waals surface area contributed by atoms with Crippen LogP contribution in [0, 0.1) is 0 Å². The second-order valence-electron chi connectivity index (χ2n) is 6.64. The molecular weight excluding hydrogens is 434 g/mol. The van der Waals surface area contributed by atoms with Crippen LogP contribution in [0.3, 0.4) is 0 Å². The first-order chi connectivity index (χ1) is 15.1. The summed E-state index contributed by atoms with van der Waals surface area (Å²) >= 11 is 7.17. The van der Waals surface area contributed by atoms with Crippen molar-refractivity contribution in [2.24, 2.45) is 0 Å². The van der Waals surface area contributed by atoms with E-state index in [1.807, 2.05) is 30.3 Å². The molecule has 2 N–H and O–H groups in total. The lowest BCUT2D eigenvalue weighted by molar-refractivity contribution is -0.113. The highest BCUT2D eigenvalue weighted by Crippen LogP contribution is 2.19. The Bertz CT molecular complexity index is 1230. The number of carbonyl (C=O) groups excluding carboxylic acids is 2. The molecule has 0 saturated heterocycles. The molecule has 0 aliphatic heterocycles. The van der Waals surface area contributed by atoms with Gasteiger partial charge in [0, 0.05) is 23.5 Å². The van der Waals surface area contributed by atoms with Gasteiger partial charge in [0.2, 0.25) is 5.91 Å². The fourth-order valence-electron chi connectivity index (χ4n) is 2.88. The molecule has 2 heterocycles. The molecule has 4 rings (SSSR count). The van der Waals surface area contributed by atoms with Crippen LogP contribution in [0.4, 0.5) is 5.69 Å². The number of aromatic nitrogens is 3. The number of nitrogens with zero attached hydrogens (tertiary/aromatic N) is 3. The lowest BCUT2D eigenvalue weighted by atomic mass is 10.2. The van der Waals surface area contributed by atoms with Crippen molar-refractivity contribution in [1.29, 1.82) is 0 Å². The molecule has 2 amide bonds. The number of pyridine rings is 1. The quantitative estimate of drug-likeness (QED) is 0.414. The smallest absolute Gasteiger partial charge is 0.253 e. The second kappa shape index (κ2) is 9.63. The molecule has 0 aliphatic rings. The van der Waals surface area contributed by atoms with E-state index in [1.165, 1.54) is 11.8 Å². The summed E-state index contributed by atoms with van der Waals surface area (Å²) in [6.45, 7) is 0.436. The molecule has 2 aromatic carbocycles. The Kier molecular flexibility index (Phi) is 6.49. The highest BCUT2D eigenvalue weighted by Gasteiger charge is 2.13. The number of hydrogen-bond acceptors (Lipinski definition) is 5. The average Bonchev–Trinajstić information content (AvgIpc) is 3.19. The molecule has 0 bridgehead atoms. The largest absolute Gasteiger partial charge is 0.348 e. The summed E-state index contributed by atoms with van der Waals surface area (Å²) in [6.07, 6.45) is 1.67. The first kappa shape index (κ1) is 20.9. The van der Waals surface area contributed by atoms with Crippen molar-refractivity contribution in [1.82, 2.24) is 19.9 Å². The molecule has 2 aromatic heterocycles. The van der Waals surface area contributed by atoms with Gasteiger partial charge in [-0.3, -0.25) is 14.0 Å². The number of halogens is 1. The summed E-state index contributed by atoms with van der Waals surface area (Å²) in [5, 5.41) is 15.0. The first-order valence-electron chi connectivity index (χ1n) is 9.43. The molecule has 0 radical (unpaired) electrons. The van der Waals surface area contributed by atoms with Gasteiger partial charge in [-0.15, -0.1) is 10.2 Å². The number of amides is 2. The summed E-state index contributed by atoms with van der Waals surface area (Å²) in [4.78, 5) is 24.8. The maximum absolute atomic E-state index is 12.5. The van der Waals surface area contributed by atoms with E-state index in [0.717, 1.165) is 5.56 Å². The van der Waals surface area contributed by atoms with Gasteiger partial charge in [-0.25, -0.2) is 0 Å². The van der Waals surface area contributed by atoms with Gasteiger partial charge in [-0.2, -0.15) is 0 Å². The SMILES string of the molecule is O=C(CSc1nnc2ccc(C(=O)NCc3ccccc3)cn12)Nc1cccc(Cl)c1. The lowest BCUT2D eigenvalue weighted by Crippen LogP contribution is -2.23. The zero-order valence-corrected chi connectivity index (χ0v) is 17.9. The fraction of sp³-hybridized carbons (Fsp3) is 0.0909. The number of carbonyl (C=O) groups is 2. The van der Waals surface area contributed by atoms with E-state index in [4.69, 9.17) is 11.6 Å². The molecule has 9 heteroatoms. The second-order valence-corrected chi connectivity index (χ2v) is 8.02. The molecule has 7 nitrogen and oxygen atoms in total. The fourth-order valence-corrected chi connectivity index (χ4v) is 3.78. The Morgan fingerprint density at radius 2 is 1.84 bits per heavy atom. The number of hydrogen-bond donors (Lipinski definition) is 2. The Balaban J connectivity index is 1.40. The third-order valence-corrected chi connectivity index (χ3v) is 5.55. The van der Waals surface area contributed by atoms with E-state index in [9.17, 15) is 9.59 Å². The Morgan fingerprint density at radius 1 is 1.00 bits per heavy atom. The summed E-state index contributed by atoms with van der Waals surface area (Å²) in [5.74, 6) is -0.257. The third-order valence-electron chi connectivity index (χ3n) is 4.37. The zero-order valence-electron chi connectivity index (χ0n) is 16.3. The zero-order chi connectivity index (χ0) is 21.6. The van der Waals surface area contributed by atoms with E-state index in [2.05, 4.69) is 20.8 Å². The standard InChI is InChI=1S/C22H18ClN5O2S/c23-17-7-4-8-18(11-17)25-20(29)14-31-22-27-26-19-10-9-16(13-28(19)22)21(30)24-12-15-5-2-1-3-6-15/h1-11,13H,12,14H2,(H,24,30)(H,25,29). The average molecular weight is 452 g/mol. The van der Waals surface area contributed by atoms with Gasteiger partial charge in [-0.05, 0) is 35.9 Å². The van der Waals surface area contributed by atoms with Crippen LogP contribution in [0.2, 0.25) is 5.02 Å². The van der Waals surface area contributed by atoms with Crippen molar-refractivity contribution in [2.45, 2.75) is 11.7 Å². The highest BCUT2D eigenvalue weighted by atomic mass is 35.5. The molecule has 0 saturated carbocycles. The minimum Gasteiger partial charge on any atom is -0.348 e. The van der Waals surface area contributed by atoms with E-state index in [0.29, 0.717) is 33.6 Å². The van der Waals surface area contributed by atoms with E-state index in [1.54, 1.807) is 47.0 Å². The summed E-state index contributed by atoms with van der Waals surface area (Å²) < 4.78 is 1.70. The van der Waals surface area contributed by atoms with Gasteiger partial charge >= 0.3 is 0 Å². The normalized spacial score (nSPS) is 10.7. The van der Waals surface area contributed by atoms with Crippen LogP contribution in [0.15, 0.2) is 78.1 Å². The van der Waals surface area contributed by atoms with E-state index in [-0.39, 0.29) is 17.6 Å². The van der Waals surface area contributed by atoms with Crippen molar-refractivity contribution in [3.8, 4) is 0 Å². The van der Waals surface area contributed by atoms with Crippen molar-refractivity contribution in [3.63, 3.8) is 0 Å². The van der Waals surface area contributed by atoms with Crippen LogP contribution in [-0.2, 0) is 11.3 Å². The van der Waals surface area contributed by atoms with Crippen LogP contribution < -0.4 is 10.6 Å². The molecule has 0 unspecified atom stereocenters. The van der Waals surface area contributed by atoms with Gasteiger partial charge in [0.1, 0.15) is 0 Å². The molecule has 0 fully saturated rings. The van der Waals surface area contributed by atoms with Gasteiger partial charge in [0.25, 0.3) is 5.91 Å². The minimum atomic E-state index is -0.200. The predicted molar refractivity (Wildman–Crippen MR) is 121 cm³/mol. The Hall–Kier alpha value is -3.36. The topological polar surface area (TPSA) is 88.4 Å². The van der Waals surface area contributed by atoms with Crippen LogP contribution >= 0.6 is 23.4 Å². The summed E-state index contributed by atoms with van der Waals surface area (Å²) in [7, 11) is 0. The van der Waals surface area contributed by atoms with E-state index >= 15 is 0 Å². The molecule has 0 spiro atoms. The molecule has 0 atom stereocenters. The molecule has 31 heavy (non-hydrogen) atoms. The van der Waals surface area contributed by atoms with Gasteiger partial charge in [0.15, 0.2) is 10.8 Å². The molecule has 0 aliphatic carbocycles. The summed E-state index contributed by atoms with van der Waals surface area (Å²) in [5.41, 5.74) is 2.72. The number of rotatable bonds is 7.